The van der Waals surface area contributed by atoms with E-state index in [0.717, 1.165) is 0 Å². The first-order chi connectivity index (χ1) is 8.86. The lowest BCUT2D eigenvalue weighted by atomic mass is 10.3. The maximum atomic E-state index is 12.0. The minimum Gasteiger partial charge on any atom is -0.399 e. The van der Waals surface area contributed by atoms with Crippen LogP contribution in [-0.4, -0.2) is 26.6 Å². The van der Waals surface area contributed by atoms with Crippen molar-refractivity contribution in [1.29, 1.82) is 5.26 Å². The van der Waals surface area contributed by atoms with Crippen LogP contribution in [0, 0.1) is 11.3 Å². The molecule has 0 aliphatic carbocycles. The monoisotopic (exact) mass is 345 g/mol. The maximum absolute atomic E-state index is 12.0. The van der Waals surface area contributed by atoms with Crippen LogP contribution in [0.4, 0.5) is 5.69 Å². The number of amides is 1. The molecule has 0 saturated carbocycles. The lowest BCUT2D eigenvalue weighted by Gasteiger charge is -2.07. The van der Waals surface area contributed by atoms with Crippen molar-refractivity contribution >= 4 is 37.4 Å². The Balaban J connectivity index is 2.81. The summed E-state index contributed by atoms with van der Waals surface area (Å²) in [7, 11) is -3.74. The summed E-state index contributed by atoms with van der Waals surface area (Å²) in [5, 5.41) is 10.7. The minimum atomic E-state index is -3.74. The average molecular weight is 346 g/mol. The highest BCUT2D eigenvalue weighted by atomic mass is 79.9. The molecule has 0 radical (unpaired) electrons. The fourth-order valence-corrected chi connectivity index (χ4v) is 3.70. The first kappa shape index (κ1) is 15.5. The van der Waals surface area contributed by atoms with Crippen LogP contribution in [0.15, 0.2) is 27.6 Å². The number of carbonyl (C=O) groups is 1. The molecule has 102 valence electrons. The Bertz CT molecular complexity index is 623. The molecule has 0 aliphatic heterocycles. The highest BCUT2D eigenvalue weighted by molar-refractivity contribution is 9.10. The van der Waals surface area contributed by atoms with Gasteiger partial charge >= 0.3 is 0 Å². The summed E-state index contributed by atoms with van der Waals surface area (Å²) in [6.45, 7) is 0.133. The van der Waals surface area contributed by atoms with E-state index >= 15 is 0 Å². The Morgan fingerprint density at radius 1 is 1.47 bits per heavy atom. The first-order valence-electron chi connectivity index (χ1n) is 5.28. The molecule has 19 heavy (non-hydrogen) atoms. The molecule has 3 N–H and O–H groups in total. The van der Waals surface area contributed by atoms with Gasteiger partial charge in [0.2, 0.25) is 5.91 Å². The van der Waals surface area contributed by atoms with Crippen LogP contribution >= 0.6 is 15.9 Å². The van der Waals surface area contributed by atoms with Crippen LogP contribution in [0.3, 0.4) is 0 Å². The molecule has 1 rings (SSSR count). The third-order valence-electron chi connectivity index (χ3n) is 2.17. The molecular weight excluding hydrogens is 334 g/mol. The van der Waals surface area contributed by atoms with Crippen molar-refractivity contribution < 1.29 is 13.2 Å². The van der Waals surface area contributed by atoms with Gasteiger partial charge in [-0.1, -0.05) is 0 Å². The molecule has 6 nitrogen and oxygen atoms in total. The fraction of sp³-hybridized carbons (Fsp3) is 0.273. The number of nitrogens with two attached hydrogens (primary N) is 1. The number of carbonyl (C=O) groups excluding carboxylic acids is 1. The van der Waals surface area contributed by atoms with Crippen LogP contribution in [0.1, 0.15) is 6.42 Å². The van der Waals surface area contributed by atoms with Gasteiger partial charge in [0.15, 0.2) is 9.84 Å². The smallest absolute Gasteiger partial charge is 0.235 e. The van der Waals surface area contributed by atoms with Crippen LogP contribution < -0.4 is 11.1 Å². The summed E-state index contributed by atoms with van der Waals surface area (Å²) in [4.78, 5) is 11.5. The molecule has 0 heterocycles. The third-order valence-corrected chi connectivity index (χ3v) is 4.76. The van der Waals surface area contributed by atoms with Crippen molar-refractivity contribution in [3.05, 3.63) is 22.7 Å². The molecule has 0 aromatic heterocycles. The Kier molecular flexibility index (Phi) is 5.32. The summed E-state index contributed by atoms with van der Waals surface area (Å²) in [6, 6.07) is 6.10. The molecule has 0 unspecified atom stereocenters. The maximum Gasteiger partial charge on any atom is 0.235 e. The quantitative estimate of drug-likeness (QED) is 0.606. The number of nitriles is 1. The largest absolute Gasteiger partial charge is 0.399 e. The van der Waals surface area contributed by atoms with Crippen molar-refractivity contribution in [1.82, 2.24) is 5.32 Å². The number of rotatable bonds is 5. The van der Waals surface area contributed by atoms with E-state index in [1.807, 2.05) is 6.07 Å². The van der Waals surface area contributed by atoms with E-state index < -0.39 is 21.5 Å². The van der Waals surface area contributed by atoms with Gasteiger partial charge in [-0.05, 0) is 34.1 Å². The van der Waals surface area contributed by atoms with E-state index in [1.54, 1.807) is 0 Å². The number of nitrogen functional groups attached to an aromatic ring is 1. The topological polar surface area (TPSA) is 113 Å². The molecule has 0 aliphatic rings. The molecule has 0 fully saturated rings. The molecule has 0 bridgehead atoms. The predicted octanol–water partition coefficient (Wildman–Crippen LogP) is 0.835. The van der Waals surface area contributed by atoms with E-state index in [0.29, 0.717) is 10.2 Å². The normalized spacial score (nSPS) is 10.7. The van der Waals surface area contributed by atoms with E-state index in [4.69, 9.17) is 11.0 Å². The SMILES string of the molecule is N#CCCNC(=O)CS(=O)(=O)c1ccc(N)cc1Br. The standard InChI is InChI=1S/C11H12BrN3O3S/c12-9-6-8(14)2-3-10(9)19(17,18)7-11(16)15-5-1-4-13/h2-3,6H,1,5,7,14H2,(H,15,16). The second kappa shape index (κ2) is 6.54. The Labute approximate surface area is 119 Å². The second-order valence-electron chi connectivity index (χ2n) is 3.71. The molecular formula is C11H12BrN3O3S. The molecule has 0 atom stereocenters. The summed E-state index contributed by atoms with van der Waals surface area (Å²) in [5.74, 6) is -1.31. The molecule has 1 amide bonds. The minimum absolute atomic E-state index is 0.0112. The van der Waals surface area contributed by atoms with Gasteiger partial charge in [0.25, 0.3) is 0 Å². The van der Waals surface area contributed by atoms with Gasteiger partial charge in [-0.15, -0.1) is 0 Å². The van der Waals surface area contributed by atoms with Crippen molar-refractivity contribution in [3.63, 3.8) is 0 Å². The van der Waals surface area contributed by atoms with Gasteiger partial charge < -0.3 is 11.1 Å². The number of hydrogen-bond acceptors (Lipinski definition) is 5. The van der Waals surface area contributed by atoms with Gasteiger partial charge in [-0.25, -0.2) is 8.42 Å². The fourth-order valence-electron chi connectivity index (χ4n) is 1.33. The first-order valence-corrected chi connectivity index (χ1v) is 7.73. The zero-order valence-electron chi connectivity index (χ0n) is 9.89. The van der Waals surface area contributed by atoms with Gasteiger partial charge in [0, 0.05) is 16.7 Å². The third kappa shape index (κ3) is 4.54. The lowest BCUT2D eigenvalue weighted by Crippen LogP contribution is -2.31. The van der Waals surface area contributed by atoms with E-state index in [9.17, 15) is 13.2 Å². The number of nitrogens with one attached hydrogen (secondary N) is 1. The second-order valence-corrected chi connectivity index (χ2v) is 6.52. The summed E-state index contributed by atoms with van der Waals surface area (Å²) in [6.07, 6.45) is 0.136. The van der Waals surface area contributed by atoms with Gasteiger partial charge in [0.05, 0.1) is 17.4 Å². The summed E-state index contributed by atoms with van der Waals surface area (Å²) < 4.78 is 24.3. The van der Waals surface area contributed by atoms with Gasteiger partial charge in [-0.2, -0.15) is 5.26 Å². The van der Waals surface area contributed by atoms with Crippen LogP contribution in [-0.2, 0) is 14.6 Å². The molecule has 0 spiro atoms. The lowest BCUT2D eigenvalue weighted by molar-refractivity contribution is -0.118. The Morgan fingerprint density at radius 2 is 2.16 bits per heavy atom. The zero-order valence-corrected chi connectivity index (χ0v) is 12.3. The number of halogens is 1. The van der Waals surface area contributed by atoms with Crippen molar-refractivity contribution in [2.75, 3.05) is 18.0 Å². The van der Waals surface area contributed by atoms with Crippen LogP contribution in [0.25, 0.3) is 0 Å². The van der Waals surface area contributed by atoms with Crippen molar-refractivity contribution in [2.45, 2.75) is 11.3 Å². The number of sulfone groups is 1. The van der Waals surface area contributed by atoms with Gasteiger partial charge in [0.1, 0.15) is 5.75 Å². The van der Waals surface area contributed by atoms with Gasteiger partial charge in [-0.3, -0.25) is 4.79 Å². The molecule has 8 heteroatoms. The highest BCUT2D eigenvalue weighted by Gasteiger charge is 2.21. The van der Waals surface area contributed by atoms with E-state index in [-0.39, 0.29) is 17.9 Å². The predicted molar refractivity (Wildman–Crippen MR) is 73.8 cm³/mol. The van der Waals surface area contributed by atoms with Crippen LogP contribution in [0.5, 0.6) is 0 Å². The number of hydrogen-bond donors (Lipinski definition) is 2. The summed E-state index contributed by atoms with van der Waals surface area (Å²) in [5.41, 5.74) is 5.94. The Morgan fingerprint density at radius 3 is 2.74 bits per heavy atom. The number of nitrogens with zero attached hydrogens (tertiary/aromatic N) is 1. The average Bonchev–Trinajstić information content (AvgIpc) is 2.27. The number of benzene rings is 1. The zero-order chi connectivity index (χ0) is 14.5. The van der Waals surface area contributed by atoms with Crippen molar-refractivity contribution in [3.8, 4) is 6.07 Å². The molecule has 1 aromatic carbocycles. The highest BCUT2D eigenvalue weighted by Crippen LogP contribution is 2.25. The van der Waals surface area contributed by atoms with Crippen molar-refractivity contribution in [2.24, 2.45) is 0 Å². The van der Waals surface area contributed by atoms with Crippen LogP contribution in [0.2, 0.25) is 0 Å². The summed E-state index contributed by atoms with van der Waals surface area (Å²) >= 11 is 3.10. The number of anilines is 1. The molecule has 0 saturated heterocycles. The van der Waals surface area contributed by atoms with E-state index in [2.05, 4.69) is 21.2 Å². The van der Waals surface area contributed by atoms with E-state index in [1.165, 1.54) is 18.2 Å². The molecule has 1 aromatic rings. The Hall–Kier alpha value is -1.59.